The SMILES string of the molecule is O=C1c2cc(Cl)ccc2CN1S. The monoisotopic (exact) mass is 199 g/mol. The molecule has 12 heavy (non-hydrogen) atoms. The molecule has 0 saturated carbocycles. The fraction of sp³-hybridized carbons (Fsp3) is 0.125. The van der Waals surface area contributed by atoms with Crippen LogP contribution in [-0.2, 0) is 6.54 Å². The Morgan fingerprint density at radius 3 is 3.00 bits per heavy atom. The Balaban J connectivity index is 2.56. The van der Waals surface area contributed by atoms with Gasteiger partial charge in [-0.05, 0) is 17.7 Å². The van der Waals surface area contributed by atoms with Crippen LogP contribution < -0.4 is 0 Å². The Hall–Kier alpha value is -0.670. The van der Waals surface area contributed by atoms with Crippen LogP contribution in [0.25, 0.3) is 0 Å². The minimum atomic E-state index is -0.0733. The van der Waals surface area contributed by atoms with Gasteiger partial charge < -0.3 is 0 Å². The highest BCUT2D eigenvalue weighted by atomic mass is 35.5. The number of fused-ring (bicyclic) bond motifs is 1. The molecule has 0 unspecified atom stereocenters. The molecule has 1 amide bonds. The molecule has 0 aromatic heterocycles. The maximum atomic E-state index is 11.3. The van der Waals surface area contributed by atoms with Gasteiger partial charge >= 0.3 is 0 Å². The molecule has 1 aliphatic heterocycles. The van der Waals surface area contributed by atoms with Gasteiger partial charge in [0.05, 0.1) is 6.54 Å². The van der Waals surface area contributed by atoms with Gasteiger partial charge in [0.2, 0.25) is 0 Å². The van der Waals surface area contributed by atoms with Crippen molar-refractivity contribution >= 4 is 30.3 Å². The van der Waals surface area contributed by atoms with E-state index in [1.807, 2.05) is 6.07 Å². The van der Waals surface area contributed by atoms with Crippen molar-refractivity contribution in [3.63, 3.8) is 0 Å². The molecule has 0 N–H and O–H groups in total. The van der Waals surface area contributed by atoms with E-state index in [0.29, 0.717) is 17.1 Å². The Bertz CT molecular complexity index is 353. The van der Waals surface area contributed by atoms with Crippen LogP contribution >= 0.6 is 24.4 Å². The molecule has 1 aliphatic rings. The van der Waals surface area contributed by atoms with Crippen LogP contribution in [-0.4, -0.2) is 10.2 Å². The third kappa shape index (κ3) is 1.09. The number of hydrogen-bond acceptors (Lipinski definition) is 2. The average molecular weight is 200 g/mol. The van der Waals surface area contributed by atoms with Crippen molar-refractivity contribution in [3.05, 3.63) is 34.3 Å². The molecule has 0 fully saturated rings. The molecular weight excluding hydrogens is 194 g/mol. The van der Waals surface area contributed by atoms with Crippen molar-refractivity contribution in [2.75, 3.05) is 0 Å². The Kier molecular flexibility index (Phi) is 1.77. The molecule has 2 nitrogen and oxygen atoms in total. The third-order valence-corrected chi connectivity index (χ3v) is 2.42. The van der Waals surface area contributed by atoms with Crippen molar-refractivity contribution in [1.82, 2.24) is 4.31 Å². The third-order valence-electron chi connectivity index (χ3n) is 1.86. The van der Waals surface area contributed by atoms with Crippen LogP contribution in [0, 0.1) is 0 Å². The van der Waals surface area contributed by atoms with Gasteiger partial charge in [-0.15, -0.1) is 0 Å². The van der Waals surface area contributed by atoms with Gasteiger partial charge in [-0.1, -0.05) is 30.5 Å². The van der Waals surface area contributed by atoms with Crippen LogP contribution in [0.3, 0.4) is 0 Å². The Morgan fingerprint density at radius 2 is 2.25 bits per heavy atom. The molecule has 0 radical (unpaired) electrons. The van der Waals surface area contributed by atoms with Crippen molar-refractivity contribution in [2.24, 2.45) is 0 Å². The highest BCUT2D eigenvalue weighted by molar-refractivity contribution is 7.78. The lowest BCUT2D eigenvalue weighted by Gasteiger charge is -2.02. The normalized spacial score (nSPS) is 15.2. The second kappa shape index (κ2) is 2.68. The highest BCUT2D eigenvalue weighted by Crippen LogP contribution is 2.26. The van der Waals surface area contributed by atoms with Crippen LogP contribution in [0.2, 0.25) is 5.02 Å². The molecule has 4 heteroatoms. The summed E-state index contributed by atoms with van der Waals surface area (Å²) in [5, 5.41) is 0.589. The molecule has 0 atom stereocenters. The molecule has 1 heterocycles. The molecular formula is C8H6ClNOS. The molecule has 1 aromatic rings. The first kappa shape index (κ1) is 7.95. The van der Waals surface area contributed by atoms with Crippen molar-refractivity contribution in [1.29, 1.82) is 0 Å². The zero-order valence-electron chi connectivity index (χ0n) is 6.12. The number of hydrogen-bond donors (Lipinski definition) is 1. The smallest absolute Gasteiger partial charge is 0.264 e. The summed E-state index contributed by atoms with van der Waals surface area (Å²) in [5.74, 6) is -0.0733. The number of rotatable bonds is 0. The van der Waals surface area contributed by atoms with Gasteiger partial charge in [0.25, 0.3) is 5.91 Å². The topological polar surface area (TPSA) is 20.3 Å². The quantitative estimate of drug-likeness (QED) is 0.635. The maximum absolute atomic E-state index is 11.3. The van der Waals surface area contributed by atoms with E-state index >= 15 is 0 Å². The van der Waals surface area contributed by atoms with Crippen LogP contribution in [0.1, 0.15) is 15.9 Å². The van der Waals surface area contributed by atoms with Gasteiger partial charge in [-0.2, -0.15) is 0 Å². The van der Waals surface area contributed by atoms with Crippen molar-refractivity contribution < 1.29 is 4.79 Å². The first-order chi connectivity index (χ1) is 5.68. The number of thiol groups is 1. The lowest BCUT2D eigenvalue weighted by Crippen LogP contribution is -2.11. The predicted octanol–water partition coefficient (Wildman–Crippen LogP) is 2.14. The molecule has 62 valence electrons. The molecule has 1 aromatic carbocycles. The van der Waals surface area contributed by atoms with E-state index in [9.17, 15) is 4.79 Å². The zero-order valence-corrected chi connectivity index (χ0v) is 7.77. The van der Waals surface area contributed by atoms with Gasteiger partial charge in [-0.3, -0.25) is 9.10 Å². The maximum Gasteiger partial charge on any atom is 0.264 e. The number of halogens is 1. The van der Waals surface area contributed by atoms with Crippen LogP contribution in [0.5, 0.6) is 0 Å². The number of carbonyl (C=O) groups is 1. The van der Waals surface area contributed by atoms with E-state index in [1.54, 1.807) is 12.1 Å². The summed E-state index contributed by atoms with van der Waals surface area (Å²) >= 11 is 9.75. The van der Waals surface area contributed by atoms with E-state index in [-0.39, 0.29) is 5.91 Å². The summed E-state index contributed by atoms with van der Waals surface area (Å²) in [7, 11) is 0. The minimum absolute atomic E-state index is 0.0733. The fourth-order valence-corrected chi connectivity index (χ4v) is 1.69. The summed E-state index contributed by atoms with van der Waals surface area (Å²) in [6.45, 7) is 0.564. The molecule has 0 aliphatic carbocycles. The average Bonchev–Trinajstić information content (AvgIpc) is 2.31. The van der Waals surface area contributed by atoms with Crippen molar-refractivity contribution in [2.45, 2.75) is 6.54 Å². The van der Waals surface area contributed by atoms with Gasteiger partial charge in [0, 0.05) is 10.6 Å². The molecule has 2 rings (SSSR count). The first-order valence-corrected chi connectivity index (χ1v) is 4.25. The predicted molar refractivity (Wildman–Crippen MR) is 50.3 cm³/mol. The number of nitrogens with zero attached hydrogens (tertiary/aromatic N) is 1. The molecule has 0 saturated heterocycles. The van der Waals surface area contributed by atoms with E-state index in [0.717, 1.165) is 5.56 Å². The summed E-state index contributed by atoms with van der Waals surface area (Å²) in [5.41, 5.74) is 1.65. The van der Waals surface area contributed by atoms with Crippen molar-refractivity contribution in [3.8, 4) is 0 Å². The standard InChI is InChI=1S/C8H6ClNOS/c9-6-2-1-5-4-10(12)8(11)7(5)3-6/h1-3,12H,4H2. The van der Waals surface area contributed by atoms with E-state index in [2.05, 4.69) is 12.8 Å². The van der Waals surface area contributed by atoms with Crippen LogP contribution in [0.15, 0.2) is 18.2 Å². The second-order valence-electron chi connectivity index (χ2n) is 2.66. The Morgan fingerprint density at radius 1 is 1.50 bits per heavy atom. The van der Waals surface area contributed by atoms with E-state index < -0.39 is 0 Å². The molecule has 0 spiro atoms. The van der Waals surface area contributed by atoms with E-state index in [1.165, 1.54) is 4.31 Å². The largest absolute Gasteiger partial charge is 0.281 e. The van der Waals surface area contributed by atoms with E-state index in [4.69, 9.17) is 11.6 Å². The summed E-state index contributed by atoms with van der Waals surface area (Å²) in [6, 6.07) is 5.31. The number of amides is 1. The first-order valence-electron chi connectivity index (χ1n) is 3.47. The van der Waals surface area contributed by atoms with Crippen LogP contribution in [0.4, 0.5) is 0 Å². The summed E-state index contributed by atoms with van der Waals surface area (Å²) in [6.07, 6.45) is 0. The summed E-state index contributed by atoms with van der Waals surface area (Å²) in [4.78, 5) is 11.3. The lowest BCUT2D eigenvalue weighted by atomic mass is 10.1. The van der Waals surface area contributed by atoms with Gasteiger partial charge in [0.1, 0.15) is 0 Å². The Labute approximate surface area is 80.7 Å². The number of benzene rings is 1. The second-order valence-corrected chi connectivity index (χ2v) is 3.58. The zero-order chi connectivity index (χ0) is 8.72. The van der Waals surface area contributed by atoms with Gasteiger partial charge in [-0.25, -0.2) is 0 Å². The minimum Gasteiger partial charge on any atom is -0.281 e. The lowest BCUT2D eigenvalue weighted by molar-refractivity contribution is 0.0891. The number of carbonyl (C=O) groups excluding carboxylic acids is 1. The highest BCUT2D eigenvalue weighted by Gasteiger charge is 2.24. The fourth-order valence-electron chi connectivity index (χ4n) is 1.26. The molecule has 0 bridgehead atoms. The van der Waals surface area contributed by atoms with Gasteiger partial charge in [0.15, 0.2) is 0 Å². The summed E-state index contributed by atoms with van der Waals surface area (Å²) < 4.78 is 1.38.